The first-order chi connectivity index (χ1) is 21.4. The van der Waals surface area contributed by atoms with Crippen LogP contribution in [-0.4, -0.2) is 76.1 Å². The number of ketones is 2. The molecule has 16 heteroatoms. The van der Waals surface area contributed by atoms with E-state index in [1.54, 1.807) is 25.1 Å². The van der Waals surface area contributed by atoms with Gasteiger partial charge in [-0.3, -0.25) is 14.4 Å². The van der Waals surface area contributed by atoms with E-state index in [-0.39, 0.29) is 48.2 Å². The summed E-state index contributed by atoms with van der Waals surface area (Å²) in [7, 11) is 3.40. The van der Waals surface area contributed by atoms with Crippen molar-refractivity contribution in [3.05, 3.63) is 52.6 Å². The fourth-order valence-corrected chi connectivity index (χ4v) is 6.65. The van der Waals surface area contributed by atoms with Crippen LogP contribution in [0, 0.1) is 17.8 Å². The fraction of sp³-hybridized carbons (Fsp3) is 0.400. The van der Waals surface area contributed by atoms with Crippen molar-refractivity contribution < 1.29 is 57.5 Å². The Morgan fingerprint density at radius 3 is 2.37 bits per heavy atom. The summed E-state index contributed by atoms with van der Waals surface area (Å²) in [5.74, 6) is -8.79. The van der Waals surface area contributed by atoms with Gasteiger partial charge in [0.1, 0.15) is 23.2 Å². The molecule has 3 aliphatic carbocycles. The van der Waals surface area contributed by atoms with Crippen LogP contribution in [0.5, 0.6) is 11.5 Å². The number of nitrogens with one attached hydrogen (secondary N) is 2. The number of phenolic OH excluding ortho intramolecular Hbond substituents is 1. The molecule has 246 valence electrons. The Hall–Kier alpha value is -4.83. The molecule has 0 bridgehead atoms. The molecule has 46 heavy (non-hydrogen) atoms. The number of anilines is 2. The second-order valence-corrected chi connectivity index (χ2v) is 11.8. The number of aliphatic hydroxyl groups is 3. The molecule has 5 rings (SSSR count). The number of carbonyl (C=O) groups is 4. The molecule has 2 fully saturated rings. The summed E-state index contributed by atoms with van der Waals surface area (Å²) in [4.78, 5) is 53.1. The maximum atomic E-state index is 13.8. The summed E-state index contributed by atoms with van der Waals surface area (Å²) in [6.07, 6.45) is -6.50. The van der Waals surface area contributed by atoms with Gasteiger partial charge >= 0.3 is 12.4 Å². The lowest BCUT2D eigenvalue weighted by molar-refractivity contribution is -0.274. The highest BCUT2D eigenvalue weighted by Gasteiger charge is 2.64. The zero-order valence-electron chi connectivity index (χ0n) is 24.5. The van der Waals surface area contributed by atoms with Gasteiger partial charge in [-0.1, -0.05) is 0 Å². The van der Waals surface area contributed by atoms with Crippen molar-refractivity contribution in [2.75, 3.05) is 24.3 Å². The van der Waals surface area contributed by atoms with Crippen molar-refractivity contribution in [2.45, 2.75) is 43.9 Å². The average Bonchev–Trinajstić information content (AvgIpc) is 2.94. The summed E-state index contributed by atoms with van der Waals surface area (Å²) in [6, 6.07) is 5.17. The number of ether oxygens (including phenoxy) is 1. The Balaban J connectivity index is 1.43. The molecular weight excluding hydrogens is 617 g/mol. The second-order valence-electron chi connectivity index (χ2n) is 11.8. The topological polar surface area (TPSA) is 212 Å². The van der Waals surface area contributed by atoms with E-state index in [1.165, 1.54) is 12.1 Å². The number of halogens is 3. The van der Waals surface area contributed by atoms with Crippen molar-refractivity contribution in [1.29, 1.82) is 0 Å². The zero-order valence-corrected chi connectivity index (χ0v) is 24.5. The molecule has 0 aliphatic heterocycles. The van der Waals surface area contributed by atoms with Gasteiger partial charge in [0, 0.05) is 49.1 Å². The molecule has 0 spiro atoms. The Labute approximate surface area is 259 Å². The normalized spacial score (nSPS) is 25.6. The highest BCUT2D eigenvalue weighted by molar-refractivity contribution is 6.24. The van der Waals surface area contributed by atoms with Crippen LogP contribution in [-0.2, 0) is 27.3 Å². The number of carbonyl (C=O) groups excluding carboxylic acids is 4. The first kappa shape index (κ1) is 32.6. The van der Waals surface area contributed by atoms with Gasteiger partial charge in [-0.15, -0.1) is 13.2 Å². The van der Waals surface area contributed by atoms with Crippen molar-refractivity contribution in [2.24, 2.45) is 23.5 Å². The monoisotopic (exact) mass is 648 g/mol. The third-order valence-electron chi connectivity index (χ3n) is 8.71. The van der Waals surface area contributed by atoms with E-state index in [0.29, 0.717) is 11.3 Å². The fourth-order valence-electron chi connectivity index (χ4n) is 6.65. The maximum Gasteiger partial charge on any atom is 0.573 e. The SMILES string of the molecule is CN(C)c1cc(CNC(=O)Nc2ccc(OC(F)(F)F)cc2)c(O)c2c1C[C@H]1C[C@H]3CC(O)C(C(N)=O)C(=O)[C@@]3(O)C(=O)C1=C2O. The maximum absolute atomic E-state index is 13.8. The number of rotatable bonds is 6. The number of Topliss-reactive ketones (excluding diaryl/α,β-unsaturated/α-hetero) is 2. The Kier molecular flexibility index (Phi) is 8.15. The molecule has 0 saturated heterocycles. The molecule has 0 aromatic heterocycles. The van der Waals surface area contributed by atoms with Gasteiger partial charge in [0.2, 0.25) is 11.7 Å². The van der Waals surface area contributed by atoms with Gasteiger partial charge in [0.25, 0.3) is 0 Å². The van der Waals surface area contributed by atoms with Crippen molar-refractivity contribution >= 4 is 40.6 Å². The molecule has 2 unspecified atom stereocenters. The van der Waals surface area contributed by atoms with Crippen LogP contribution < -0.4 is 26.0 Å². The van der Waals surface area contributed by atoms with Crippen LogP contribution >= 0.6 is 0 Å². The first-order valence-corrected chi connectivity index (χ1v) is 14.1. The number of phenols is 1. The number of urea groups is 1. The summed E-state index contributed by atoms with van der Waals surface area (Å²) in [5, 5.41) is 49.5. The van der Waals surface area contributed by atoms with E-state index in [1.807, 2.05) is 0 Å². The molecule has 0 heterocycles. The van der Waals surface area contributed by atoms with Gasteiger partial charge < -0.3 is 46.4 Å². The minimum atomic E-state index is -4.88. The molecule has 2 aromatic carbocycles. The molecule has 5 atom stereocenters. The second kappa shape index (κ2) is 11.5. The number of hydrogen-bond acceptors (Lipinski definition) is 10. The number of fused-ring (bicyclic) bond motifs is 3. The lowest BCUT2D eigenvalue weighted by Crippen LogP contribution is -2.66. The van der Waals surface area contributed by atoms with Crippen LogP contribution in [0.1, 0.15) is 29.5 Å². The molecule has 3 aliphatic rings. The lowest BCUT2D eigenvalue weighted by atomic mass is 9.56. The van der Waals surface area contributed by atoms with Gasteiger partial charge in [0.05, 0.1) is 11.7 Å². The predicted octanol–water partition coefficient (Wildman–Crippen LogP) is 1.88. The molecule has 3 amide bonds. The average molecular weight is 649 g/mol. The molecular formula is C30H31F3N4O9. The molecule has 2 aromatic rings. The number of amides is 3. The highest BCUT2D eigenvalue weighted by Crippen LogP contribution is 2.53. The molecule has 13 nitrogen and oxygen atoms in total. The number of aliphatic hydroxyl groups excluding tert-OH is 2. The van der Waals surface area contributed by atoms with Crippen molar-refractivity contribution in [3.8, 4) is 11.5 Å². The number of aromatic hydroxyl groups is 1. The Morgan fingerprint density at radius 1 is 1.13 bits per heavy atom. The highest BCUT2D eigenvalue weighted by atomic mass is 19.4. The van der Waals surface area contributed by atoms with E-state index in [0.717, 1.165) is 12.1 Å². The number of primary amides is 1. The van der Waals surface area contributed by atoms with E-state index in [4.69, 9.17) is 5.73 Å². The number of benzene rings is 2. The Morgan fingerprint density at radius 2 is 1.78 bits per heavy atom. The van der Waals surface area contributed by atoms with E-state index in [9.17, 15) is 52.8 Å². The van der Waals surface area contributed by atoms with E-state index >= 15 is 0 Å². The summed E-state index contributed by atoms with van der Waals surface area (Å²) in [5.41, 5.74) is 3.35. The number of nitrogens with two attached hydrogens (primary N) is 1. The zero-order chi connectivity index (χ0) is 33.9. The molecule has 2 saturated carbocycles. The van der Waals surface area contributed by atoms with Crippen LogP contribution in [0.4, 0.5) is 29.3 Å². The minimum Gasteiger partial charge on any atom is -0.507 e. The standard InChI is InChI=1S/C30H31F3N4O9/c1-37(2)18-9-13(11-35-28(44)36-15-3-5-16(6-4-15)46-30(31,32)33)23(39)21-17(18)8-12-7-14-10-19(38)22(27(34)43)26(42)29(14,45)25(41)20(12)24(21)40/h3-6,9,12,14,19,22,38-40,45H,7-8,10-11H2,1-2H3,(H2,34,43)(H2,35,36,44)/t12-,14+,19?,22?,29+/m1/s1. The van der Waals surface area contributed by atoms with Crippen LogP contribution in [0.3, 0.4) is 0 Å². The smallest absolute Gasteiger partial charge is 0.507 e. The van der Waals surface area contributed by atoms with Crippen LogP contribution in [0.15, 0.2) is 35.9 Å². The van der Waals surface area contributed by atoms with Crippen LogP contribution in [0.2, 0.25) is 0 Å². The number of alkyl halides is 3. The van der Waals surface area contributed by atoms with E-state index in [2.05, 4.69) is 15.4 Å². The van der Waals surface area contributed by atoms with Crippen LogP contribution in [0.25, 0.3) is 5.76 Å². The predicted molar refractivity (Wildman–Crippen MR) is 155 cm³/mol. The van der Waals surface area contributed by atoms with Gasteiger partial charge in [-0.2, -0.15) is 0 Å². The third-order valence-corrected chi connectivity index (χ3v) is 8.71. The van der Waals surface area contributed by atoms with E-state index < -0.39 is 76.6 Å². The van der Waals surface area contributed by atoms with Gasteiger partial charge in [-0.05, 0) is 61.1 Å². The quantitative estimate of drug-likeness (QED) is 0.226. The molecule has 0 radical (unpaired) electrons. The number of nitrogens with zero attached hydrogens (tertiary/aromatic N) is 1. The van der Waals surface area contributed by atoms with Gasteiger partial charge in [-0.25, -0.2) is 4.79 Å². The molecule has 8 N–H and O–H groups in total. The van der Waals surface area contributed by atoms with Crippen molar-refractivity contribution in [1.82, 2.24) is 5.32 Å². The van der Waals surface area contributed by atoms with Gasteiger partial charge in [0.15, 0.2) is 11.4 Å². The lowest BCUT2D eigenvalue weighted by Gasteiger charge is -2.48. The Bertz CT molecular complexity index is 1660. The summed E-state index contributed by atoms with van der Waals surface area (Å²) in [6.45, 7) is -0.302. The third kappa shape index (κ3) is 5.58. The number of hydrogen-bond donors (Lipinski definition) is 7. The minimum absolute atomic E-state index is 0.00970. The summed E-state index contributed by atoms with van der Waals surface area (Å²) >= 11 is 0. The largest absolute Gasteiger partial charge is 0.573 e. The first-order valence-electron chi connectivity index (χ1n) is 14.1. The van der Waals surface area contributed by atoms with Crippen molar-refractivity contribution in [3.63, 3.8) is 0 Å². The summed E-state index contributed by atoms with van der Waals surface area (Å²) < 4.78 is 41.0.